The molecule has 0 bridgehead atoms. The van der Waals surface area contributed by atoms with Crippen LogP contribution in [0.5, 0.6) is 0 Å². The second kappa shape index (κ2) is 8.44. The zero-order valence-corrected chi connectivity index (χ0v) is 18.2. The fourth-order valence-corrected chi connectivity index (χ4v) is 5.25. The van der Waals surface area contributed by atoms with Gasteiger partial charge in [0.2, 0.25) is 0 Å². The number of aromatic carboxylic acids is 1. The highest BCUT2D eigenvalue weighted by Gasteiger charge is 2.33. The van der Waals surface area contributed by atoms with E-state index in [-0.39, 0.29) is 11.6 Å². The number of carboxylic acid groups (broad SMARTS) is 1. The van der Waals surface area contributed by atoms with Gasteiger partial charge < -0.3 is 19.6 Å². The Bertz CT molecular complexity index is 1030. The van der Waals surface area contributed by atoms with Gasteiger partial charge in [0.25, 0.3) is 6.43 Å². The van der Waals surface area contributed by atoms with Gasteiger partial charge in [-0.15, -0.1) is 0 Å². The number of hydrogen-bond acceptors (Lipinski definition) is 5. The number of aromatic nitrogens is 2. The Kier molecular flexibility index (Phi) is 5.63. The lowest BCUT2D eigenvalue weighted by Crippen LogP contribution is -2.30. The Morgan fingerprint density at radius 1 is 1.22 bits per heavy atom. The van der Waals surface area contributed by atoms with Crippen molar-refractivity contribution in [3.05, 3.63) is 40.1 Å². The number of rotatable bonds is 4. The second-order valence-electron chi connectivity index (χ2n) is 8.95. The third kappa shape index (κ3) is 3.67. The molecule has 172 valence electrons. The molecule has 0 amide bonds. The Morgan fingerprint density at radius 3 is 2.72 bits per heavy atom. The molecule has 1 aromatic carbocycles. The molecule has 9 heteroatoms. The summed E-state index contributed by atoms with van der Waals surface area (Å²) in [5.41, 5.74) is 3.08. The van der Waals surface area contributed by atoms with Gasteiger partial charge in [-0.05, 0) is 50.4 Å². The minimum Gasteiger partial charge on any atom is -0.478 e. The van der Waals surface area contributed by atoms with E-state index in [4.69, 9.17) is 9.84 Å². The Hall–Kier alpha value is -2.52. The van der Waals surface area contributed by atoms with Gasteiger partial charge in [0, 0.05) is 61.8 Å². The molecule has 1 saturated heterocycles. The van der Waals surface area contributed by atoms with Crippen LogP contribution in [-0.4, -0.2) is 59.1 Å². The lowest BCUT2D eigenvalue weighted by molar-refractivity contribution is 0.0651. The van der Waals surface area contributed by atoms with Gasteiger partial charge in [0.15, 0.2) is 5.82 Å². The maximum absolute atomic E-state index is 13.7. The van der Waals surface area contributed by atoms with Crippen LogP contribution in [-0.2, 0) is 24.1 Å². The number of ether oxygens (including phenoxy) is 1. The van der Waals surface area contributed by atoms with Gasteiger partial charge in [-0.25, -0.2) is 13.6 Å². The molecule has 1 aromatic heterocycles. The summed E-state index contributed by atoms with van der Waals surface area (Å²) in [6, 6.07) is 3.08. The fraction of sp³-hybridized carbons (Fsp3) is 0.565. The number of nitrogens with zero attached hydrogens (tertiary/aromatic N) is 4. The van der Waals surface area contributed by atoms with Crippen LogP contribution < -0.4 is 4.90 Å². The van der Waals surface area contributed by atoms with E-state index in [2.05, 4.69) is 16.6 Å². The molecule has 7 nitrogen and oxygen atoms in total. The summed E-state index contributed by atoms with van der Waals surface area (Å²) < 4.78 is 35.2. The summed E-state index contributed by atoms with van der Waals surface area (Å²) >= 11 is 0. The quantitative estimate of drug-likeness (QED) is 0.767. The molecular weight excluding hydrogens is 418 g/mol. The summed E-state index contributed by atoms with van der Waals surface area (Å²) in [6.07, 6.45) is 1.36. The lowest BCUT2D eigenvalue weighted by atomic mass is 9.95. The maximum Gasteiger partial charge on any atom is 0.336 e. The molecule has 1 N–H and O–H groups in total. The van der Waals surface area contributed by atoms with E-state index in [9.17, 15) is 18.7 Å². The Labute approximate surface area is 185 Å². The van der Waals surface area contributed by atoms with E-state index in [0.717, 1.165) is 68.9 Å². The molecule has 0 radical (unpaired) electrons. The first-order chi connectivity index (χ1) is 15.4. The van der Waals surface area contributed by atoms with Crippen molar-refractivity contribution in [2.75, 3.05) is 38.3 Å². The first-order valence-corrected chi connectivity index (χ1v) is 11.3. The molecule has 0 aliphatic carbocycles. The number of anilines is 2. The van der Waals surface area contributed by atoms with Gasteiger partial charge in [0.1, 0.15) is 0 Å². The summed E-state index contributed by atoms with van der Waals surface area (Å²) in [7, 11) is 2.08. The third-order valence-electron chi connectivity index (χ3n) is 6.88. The zero-order chi connectivity index (χ0) is 22.4. The highest BCUT2D eigenvalue weighted by atomic mass is 19.3. The van der Waals surface area contributed by atoms with E-state index >= 15 is 0 Å². The van der Waals surface area contributed by atoms with E-state index in [0.29, 0.717) is 18.7 Å². The standard InChI is InChI=1S/C23H28F2N4O3/c1-27-8-4-19-18(13-27)22(26-29(19)15-5-9-32-10-6-15)28-7-2-3-14-11-17(23(30)31)16(21(24)25)12-20(14)28/h11-12,15,21H,2-10,13H2,1H3,(H,30,31). The molecule has 1 fully saturated rings. The molecule has 3 aliphatic heterocycles. The number of halogens is 2. The number of likely N-dealkylation sites (N-methyl/N-ethyl adjacent to an activating group) is 1. The molecule has 0 saturated carbocycles. The lowest BCUT2D eigenvalue weighted by Gasteiger charge is -2.32. The molecule has 0 spiro atoms. The molecule has 0 atom stereocenters. The molecule has 3 aliphatic rings. The van der Waals surface area contributed by atoms with E-state index in [1.807, 2.05) is 4.90 Å². The van der Waals surface area contributed by atoms with E-state index in [1.165, 1.54) is 17.8 Å². The average Bonchev–Trinajstić information content (AvgIpc) is 3.16. The van der Waals surface area contributed by atoms with Gasteiger partial charge >= 0.3 is 5.97 Å². The monoisotopic (exact) mass is 446 g/mol. The van der Waals surface area contributed by atoms with Gasteiger partial charge in [0.05, 0.1) is 11.6 Å². The minimum absolute atomic E-state index is 0.282. The van der Waals surface area contributed by atoms with Crippen LogP contribution in [0.4, 0.5) is 20.3 Å². The van der Waals surface area contributed by atoms with Crippen LogP contribution in [0.25, 0.3) is 0 Å². The summed E-state index contributed by atoms with van der Waals surface area (Å²) in [5, 5.41) is 14.5. The van der Waals surface area contributed by atoms with Crippen LogP contribution in [0.2, 0.25) is 0 Å². The summed E-state index contributed by atoms with van der Waals surface area (Å²) in [6.45, 7) is 3.82. The van der Waals surface area contributed by atoms with Crippen LogP contribution in [0.3, 0.4) is 0 Å². The number of alkyl halides is 2. The van der Waals surface area contributed by atoms with Crippen molar-refractivity contribution in [2.45, 2.75) is 51.1 Å². The molecule has 4 heterocycles. The topological polar surface area (TPSA) is 70.8 Å². The van der Waals surface area contributed by atoms with Gasteiger partial charge in [-0.1, -0.05) is 0 Å². The smallest absolute Gasteiger partial charge is 0.336 e. The van der Waals surface area contributed by atoms with Crippen LogP contribution in [0.15, 0.2) is 12.1 Å². The third-order valence-corrected chi connectivity index (χ3v) is 6.88. The fourth-order valence-electron chi connectivity index (χ4n) is 5.25. The highest BCUT2D eigenvalue weighted by Crippen LogP contribution is 2.41. The predicted molar refractivity (Wildman–Crippen MR) is 115 cm³/mol. The summed E-state index contributed by atoms with van der Waals surface area (Å²) in [5.74, 6) is -0.495. The molecule has 32 heavy (non-hydrogen) atoms. The van der Waals surface area contributed by atoms with Crippen molar-refractivity contribution in [3.63, 3.8) is 0 Å². The highest BCUT2D eigenvalue weighted by molar-refractivity contribution is 5.91. The minimum atomic E-state index is -2.85. The van der Waals surface area contributed by atoms with E-state index < -0.39 is 18.0 Å². The Morgan fingerprint density at radius 2 is 2.00 bits per heavy atom. The van der Waals surface area contributed by atoms with Crippen molar-refractivity contribution >= 4 is 17.5 Å². The Balaban J connectivity index is 1.62. The largest absolute Gasteiger partial charge is 0.478 e. The van der Waals surface area contributed by atoms with Crippen LogP contribution in [0, 0.1) is 0 Å². The molecule has 2 aromatic rings. The zero-order valence-electron chi connectivity index (χ0n) is 18.2. The second-order valence-corrected chi connectivity index (χ2v) is 8.95. The van der Waals surface area contributed by atoms with Crippen molar-refractivity contribution in [1.29, 1.82) is 0 Å². The molecular formula is C23H28F2N4O3. The number of aryl methyl sites for hydroxylation is 1. The number of carbonyl (C=O) groups is 1. The first-order valence-electron chi connectivity index (χ1n) is 11.3. The molecule has 5 rings (SSSR count). The number of carboxylic acids is 1. The number of benzene rings is 1. The van der Waals surface area contributed by atoms with Crippen LogP contribution >= 0.6 is 0 Å². The van der Waals surface area contributed by atoms with Crippen molar-refractivity contribution < 1.29 is 23.4 Å². The SMILES string of the molecule is CN1CCc2c(c(N3CCCc4cc(C(=O)O)c(C(F)F)cc43)nn2C2CCOCC2)C1. The summed E-state index contributed by atoms with van der Waals surface area (Å²) in [4.78, 5) is 15.9. The van der Waals surface area contributed by atoms with Gasteiger partial charge in [-0.3, -0.25) is 4.68 Å². The first kappa shape index (κ1) is 21.3. The predicted octanol–water partition coefficient (Wildman–Crippen LogP) is 3.94. The number of fused-ring (bicyclic) bond motifs is 2. The van der Waals surface area contributed by atoms with Crippen molar-refractivity contribution in [3.8, 4) is 0 Å². The van der Waals surface area contributed by atoms with Crippen molar-refractivity contribution in [1.82, 2.24) is 14.7 Å². The normalized spacial score (nSPS) is 19.8. The van der Waals surface area contributed by atoms with E-state index in [1.54, 1.807) is 0 Å². The average molecular weight is 446 g/mol. The van der Waals surface area contributed by atoms with Gasteiger partial charge in [-0.2, -0.15) is 5.10 Å². The molecule has 0 unspecified atom stereocenters. The number of hydrogen-bond donors (Lipinski definition) is 1. The maximum atomic E-state index is 13.7. The van der Waals surface area contributed by atoms with Crippen molar-refractivity contribution in [2.24, 2.45) is 0 Å². The van der Waals surface area contributed by atoms with Crippen LogP contribution in [0.1, 0.15) is 64.5 Å².